The monoisotopic (exact) mass is 467 g/mol. The van der Waals surface area contributed by atoms with Crippen molar-refractivity contribution in [2.45, 2.75) is 31.1 Å². The smallest absolute Gasteiger partial charge is 0.246 e. The normalized spacial score (nSPS) is 15.6. The first-order chi connectivity index (χ1) is 15.3. The Kier molecular flexibility index (Phi) is 5.29. The van der Waals surface area contributed by atoms with E-state index in [4.69, 9.17) is 0 Å². The third-order valence-electron chi connectivity index (χ3n) is 6.22. The Bertz CT molecular complexity index is 1310. The molecule has 0 aliphatic carbocycles. The molecule has 2 aliphatic rings. The largest absolute Gasteiger partial charge is 0.362 e. The van der Waals surface area contributed by atoms with E-state index >= 15 is 0 Å². The summed E-state index contributed by atoms with van der Waals surface area (Å²) in [6.45, 7) is 3.65. The molecule has 0 bridgehead atoms. The number of carbonyl (C=O) groups excluding carboxylic acids is 1. The van der Waals surface area contributed by atoms with E-state index in [0.29, 0.717) is 17.9 Å². The second kappa shape index (κ2) is 8.01. The van der Waals surface area contributed by atoms with Crippen molar-refractivity contribution in [1.29, 1.82) is 0 Å². The van der Waals surface area contributed by atoms with Crippen LogP contribution in [0.4, 0.5) is 11.4 Å². The molecule has 2 aromatic carbocycles. The Balaban J connectivity index is 1.38. The maximum absolute atomic E-state index is 13.3. The first kappa shape index (κ1) is 21.2. The molecule has 5 rings (SSSR count). The lowest BCUT2D eigenvalue weighted by molar-refractivity contribution is -0.117. The molecule has 3 aromatic rings. The van der Waals surface area contributed by atoms with Crippen molar-refractivity contribution >= 4 is 38.5 Å². The van der Waals surface area contributed by atoms with E-state index < -0.39 is 9.84 Å². The minimum absolute atomic E-state index is 0.0404. The van der Waals surface area contributed by atoms with Crippen LogP contribution in [-0.4, -0.2) is 45.2 Å². The van der Waals surface area contributed by atoms with Gasteiger partial charge in [0.25, 0.3) is 0 Å². The summed E-state index contributed by atoms with van der Waals surface area (Å²) in [5.41, 5.74) is 5.89. The summed E-state index contributed by atoms with van der Waals surface area (Å²) in [4.78, 5) is 22.1. The van der Waals surface area contributed by atoms with Crippen molar-refractivity contribution in [2.24, 2.45) is 0 Å². The highest BCUT2D eigenvalue weighted by Crippen LogP contribution is 2.35. The lowest BCUT2D eigenvalue weighted by Crippen LogP contribution is -2.42. The van der Waals surface area contributed by atoms with Gasteiger partial charge in [0, 0.05) is 41.7 Å². The Labute approximate surface area is 192 Å². The lowest BCUT2D eigenvalue weighted by atomic mass is 10.0. The van der Waals surface area contributed by atoms with Crippen molar-refractivity contribution in [3.8, 4) is 11.3 Å². The maximum Gasteiger partial charge on any atom is 0.246 e. The van der Waals surface area contributed by atoms with Crippen LogP contribution in [0.2, 0.25) is 0 Å². The molecular weight excluding hydrogens is 442 g/mol. The quantitative estimate of drug-likeness (QED) is 0.583. The topological polar surface area (TPSA) is 70.6 Å². The van der Waals surface area contributed by atoms with Gasteiger partial charge in [-0.05, 0) is 61.6 Å². The Morgan fingerprint density at radius 1 is 1.12 bits per heavy atom. The minimum atomic E-state index is -3.30. The summed E-state index contributed by atoms with van der Waals surface area (Å²) in [5.74, 6) is 0.0404. The molecule has 0 N–H and O–H groups in total. The number of nitrogens with zero attached hydrogens (tertiary/aromatic N) is 3. The predicted octanol–water partition coefficient (Wildman–Crippen LogP) is 3.86. The van der Waals surface area contributed by atoms with E-state index in [0.717, 1.165) is 52.6 Å². The van der Waals surface area contributed by atoms with Crippen LogP contribution < -0.4 is 9.80 Å². The van der Waals surface area contributed by atoms with E-state index in [2.05, 4.69) is 16.4 Å². The number of thiazole rings is 1. The van der Waals surface area contributed by atoms with Crippen molar-refractivity contribution in [3.05, 3.63) is 57.9 Å². The van der Waals surface area contributed by atoms with Gasteiger partial charge in [-0.3, -0.25) is 4.79 Å². The number of aryl methyl sites for hydroxylation is 1. The van der Waals surface area contributed by atoms with Crippen molar-refractivity contribution < 1.29 is 13.2 Å². The number of carbonyl (C=O) groups is 1. The summed E-state index contributed by atoms with van der Waals surface area (Å²) in [6, 6.07) is 11.6. The fourth-order valence-corrected chi connectivity index (χ4v) is 6.35. The summed E-state index contributed by atoms with van der Waals surface area (Å²) in [7, 11) is -3.30. The molecule has 1 aromatic heterocycles. The van der Waals surface area contributed by atoms with Crippen LogP contribution in [0.5, 0.6) is 0 Å². The number of rotatable bonds is 4. The maximum atomic E-state index is 13.3. The highest BCUT2D eigenvalue weighted by molar-refractivity contribution is 7.90. The third-order valence-corrected chi connectivity index (χ3v) is 8.18. The first-order valence-corrected chi connectivity index (χ1v) is 13.5. The first-order valence-electron chi connectivity index (χ1n) is 10.7. The van der Waals surface area contributed by atoms with Crippen molar-refractivity contribution in [2.75, 3.05) is 35.7 Å². The van der Waals surface area contributed by atoms with Crippen molar-refractivity contribution in [1.82, 2.24) is 4.98 Å². The molecular formula is C24H25N3O3S2. The summed E-state index contributed by atoms with van der Waals surface area (Å²) < 4.78 is 24.4. The van der Waals surface area contributed by atoms with Crippen LogP contribution in [0, 0.1) is 6.92 Å². The van der Waals surface area contributed by atoms with Crippen LogP contribution in [0.25, 0.3) is 11.3 Å². The molecule has 0 radical (unpaired) electrons. The van der Waals surface area contributed by atoms with Gasteiger partial charge in [0.2, 0.25) is 5.91 Å². The molecule has 0 saturated heterocycles. The summed E-state index contributed by atoms with van der Waals surface area (Å²) >= 11 is 1.64. The number of benzene rings is 2. The van der Waals surface area contributed by atoms with Crippen LogP contribution >= 0.6 is 11.3 Å². The van der Waals surface area contributed by atoms with Crippen LogP contribution in [0.15, 0.2) is 46.7 Å². The van der Waals surface area contributed by atoms with E-state index in [1.807, 2.05) is 34.9 Å². The molecule has 2 aliphatic heterocycles. The SMILES string of the molecule is Cc1nc(-c2ccc3c(c2)CCN3C(=O)CN2CCCc3c2cccc3S(C)(=O)=O)cs1. The van der Waals surface area contributed by atoms with Gasteiger partial charge in [0.05, 0.1) is 22.1 Å². The number of aromatic nitrogens is 1. The van der Waals surface area contributed by atoms with Gasteiger partial charge in [-0.2, -0.15) is 0 Å². The number of hydrogen-bond donors (Lipinski definition) is 0. The summed E-state index contributed by atoms with van der Waals surface area (Å²) in [5, 5.41) is 3.10. The zero-order chi connectivity index (χ0) is 22.5. The summed E-state index contributed by atoms with van der Waals surface area (Å²) in [6.07, 6.45) is 3.62. The zero-order valence-electron chi connectivity index (χ0n) is 18.2. The fourth-order valence-electron chi connectivity index (χ4n) is 4.75. The van der Waals surface area contributed by atoms with E-state index in [1.54, 1.807) is 23.5 Å². The molecule has 32 heavy (non-hydrogen) atoms. The number of fused-ring (bicyclic) bond motifs is 2. The lowest BCUT2D eigenvalue weighted by Gasteiger charge is -2.33. The average molecular weight is 468 g/mol. The number of amides is 1. The van der Waals surface area contributed by atoms with E-state index in [9.17, 15) is 13.2 Å². The molecule has 1 amide bonds. The Hall–Kier alpha value is -2.71. The van der Waals surface area contributed by atoms with Gasteiger partial charge in [-0.15, -0.1) is 11.3 Å². The molecule has 6 nitrogen and oxygen atoms in total. The molecule has 0 atom stereocenters. The van der Waals surface area contributed by atoms with Crippen LogP contribution in [-0.2, 0) is 27.5 Å². The van der Waals surface area contributed by atoms with Crippen LogP contribution in [0.1, 0.15) is 22.6 Å². The van der Waals surface area contributed by atoms with Gasteiger partial charge >= 0.3 is 0 Å². The Morgan fingerprint density at radius 2 is 1.97 bits per heavy atom. The standard InChI is InChI=1S/C24H25N3O3S2/c1-16-25-20(15-31-16)17-8-9-21-18(13-17)10-12-27(21)24(28)14-26-11-4-5-19-22(26)6-3-7-23(19)32(2,29)30/h3,6-9,13,15H,4-5,10-12,14H2,1-2H3. The molecule has 0 unspecified atom stereocenters. The number of hydrogen-bond acceptors (Lipinski definition) is 6. The van der Waals surface area contributed by atoms with Crippen LogP contribution in [0.3, 0.4) is 0 Å². The average Bonchev–Trinajstić information content (AvgIpc) is 3.38. The second-order valence-electron chi connectivity index (χ2n) is 8.44. The molecule has 166 valence electrons. The molecule has 3 heterocycles. The fraction of sp³-hybridized carbons (Fsp3) is 0.333. The van der Waals surface area contributed by atoms with Gasteiger partial charge in [0.15, 0.2) is 9.84 Å². The molecule has 0 fully saturated rings. The van der Waals surface area contributed by atoms with Gasteiger partial charge in [-0.1, -0.05) is 12.1 Å². The van der Waals surface area contributed by atoms with Gasteiger partial charge < -0.3 is 9.80 Å². The third kappa shape index (κ3) is 3.82. The van der Waals surface area contributed by atoms with Gasteiger partial charge in [-0.25, -0.2) is 13.4 Å². The predicted molar refractivity (Wildman–Crippen MR) is 128 cm³/mol. The highest BCUT2D eigenvalue weighted by atomic mass is 32.2. The van der Waals surface area contributed by atoms with E-state index in [-0.39, 0.29) is 12.5 Å². The van der Waals surface area contributed by atoms with Gasteiger partial charge in [0.1, 0.15) is 0 Å². The highest BCUT2D eigenvalue weighted by Gasteiger charge is 2.29. The Morgan fingerprint density at radius 3 is 2.72 bits per heavy atom. The van der Waals surface area contributed by atoms with E-state index in [1.165, 1.54) is 11.8 Å². The number of sulfone groups is 1. The molecule has 0 saturated carbocycles. The molecule has 8 heteroatoms. The molecule has 0 spiro atoms. The minimum Gasteiger partial charge on any atom is -0.362 e. The zero-order valence-corrected chi connectivity index (χ0v) is 19.8. The second-order valence-corrected chi connectivity index (χ2v) is 11.5. The number of anilines is 2. The van der Waals surface area contributed by atoms with Crippen molar-refractivity contribution in [3.63, 3.8) is 0 Å².